The number of hydrogen-bond donors (Lipinski definition) is 3. The third-order valence-corrected chi connectivity index (χ3v) is 8.34. The van der Waals surface area contributed by atoms with Crippen LogP contribution >= 0.6 is 11.3 Å². The maximum Gasteiger partial charge on any atom is 0.334 e. The monoisotopic (exact) mass is 553 g/mol. The van der Waals surface area contributed by atoms with Crippen LogP contribution in [0.4, 0.5) is 0 Å². The summed E-state index contributed by atoms with van der Waals surface area (Å²) < 4.78 is 6.54. The van der Waals surface area contributed by atoms with Gasteiger partial charge in [-0.3, -0.25) is 4.79 Å². The van der Waals surface area contributed by atoms with Crippen LogP contribution < -0.4 is 10.1 Å². The van der Waals surface area contributed by atoms with Gasteiger partial charge in [0.15, 0.2) is 6.10 Å². The molecule has 6 nitrogen and oxygen atoms in total. The molecule has 1 amide bonds. The van der Waals surface area contributed by atoms with Crippen molar-refractivity contribution in [2.45, 2.75) is 74.0 Å². The van der Waals surface area contributed by atoms with E-state index in [0.717, 1.165) is 28.2 Å². The first-order valence-corrected chi connectivity index (χ1v) is 14.5. The number of nitrogens with one attached hydrogen (secondary N) is 1. The van der Waals surface area contributed by atoms with Gasteiger partial charge in [-0.15, -0.1) is 11.3 Å². The zero-order valence-corrected chi connectivity index (χ0v) is 25.2. The maximum atomic E-state index is 12.5. The molecule has 3 unspecified atom stereocenters. The first-order valence-electron chi connectivity index (χ1n) is 13.6. The van der Waals surface area contributed by atoms with Gasteiger partial charge in [-0.25, -0.2) is 4.79 Å². The molecule has 0 bridgehead atoms. The minimum Gasteiger partial charge on any atom is -0.485 e. The van der Waals surface area contributed by atoms with Gasteiger partial charge in [0.2, 0.25) is 0 Å². The number of carbonyl (C=O) groups is 2. The van der Waals surface area contributed by atoms with Gasteiger partial charge in [-0.2, -0.15) is 0 Å². The average molecular weight is 554 g/mol. The summed E-state index contributed by atoms with van der Waals surface area (Å²) in [5, 5.41) is 20.7. The molecule has 0 radical (unpaired) electrons. The molecular weight excluding hydrogens is 510 g/mol. The highest BCUT2D eigenvalue weighted by atomic mass is 32.1. The normalized spacial score (nSPS) is 19.0. The van der Waals surface area contributed by atoms with Crippen LogP contribution in [0.1, 0.15) is 85.3 Å². The molecule has 0 spiro atoms. The van der Waals surface area contributed by atoms with Crippen LogP contribution in [-0.4, -0.2) is 34.7 Å². The van der Waals surface area contributed by atoms with Crippen molar-refractivity contribution in [3.05, 3.63) is 68.9 Å². The number of ether oxygens (including phenoxy) is 1. The molecule has 0 saturated heterocycles. The Morgan fingerprint density at radius 1 is 1.13 bits per heavy atom. The van der Waals surface area contributed by atoms with Gasteiger partial charge in [-0.1, -0.05) is 59.8 Å². The maximum absolute atomic E-state index is 12.5. The van der Waals surface area contributed by atoms with Crippen LogP contribution in [0.25, 0.3) is 5.57 Å². The van der Waals surface area contributed by atoms with E-state index in [4.69, 9.17) is 9.84 Å². The quantitative estimate of drug-likeness (QED) is 0.296. The number of aryl methyl sites for hydroxylation is 2. The van der Waals surface area contributed by atoms with E-state index in [1.54, 1.807) is 6.07 Å². The van der Waals surface area contributed by atoms with Crippen LogP contribution in [0.2, 0.25) is 0 Å². The molecule has 2 aromatic rings. The van der Waals surface area contributed by atoms with Crippen molar-refractivity contribution in [1.29, 1.82) is 0 Å². The van der Waals surface area contributed by atoms with Crippen molar-refractivity contribution in [3.63, 3.8) is 0 Å². The fourth-order valence-electron chi connectivity index (χ4n) is 5.34. The first kappa shape index (κ1) is 30.6. The third kappa shape index (κ3) is 7.83. The molecule has 212 valence electrons. The number of rotatable bonds is 10. The number of carbonyl (C=O) groups excluding carboxylic acids is 1. The predicted octanol–water partition coefficient (Wildman–Crippen LogP) is 6.96. The lowest BCUT2D eigenvalue weighted by atomic mass is 9.70. The van der Waals surface area contributed by atoms with Crippen LogP contribution in [0.5, 0.6) is 5.75 Å². The third-order valence-electron chi connectivity index (χ3n) is 7.16. The van der Waals surface area contributed by atoms with E-state index in [0.29, 0.717) is 22.6 Å². The number of hydrogen-bond acceptors (Lipinski definition) is 5. The summed E-state index contributed by atoms with van der Waals surface area (Å²) >= 11 is 1.32. The van der Waals surface area contributed by atoms with Gasteiger partial charge in [0.25, 0.3) is 5.91 Å². The topological polar surface area (TPSA) is 95.9 Å². The number of allylic oxidation sites excluding steroid dienone is 4. The summed E-state index contributed by atoms with van der Waals surface area (Å²) in [4.78, 5) is 24.7. The second-order valence-corrected chi connectivity index (χ2v) is 13.3. The van der Waals surface area contributed by atoms with E-state index in [1.807, 2.05) is 6.07 Å². The Balaban J connectivity index is 1.81. The van der Waals surface area contributed by atoms with E-state index < -0.39 is 18.0 Å². The van der Waals surface area contributed by atoms with Gasteiger partial charge < -0.3 is 20.3 Å². The summed E-state index contributed by atoms with van der Waals surface area (Å²) in [7, 11) is 0. The minimum absolute atomic E-state index is 0.215. The van der Waals surface area contributed by atoms with Crippen molar-refractivity contribution in [3.8, 4) is 5.75 Å². The van der Waals surface area contributed by atoms with Crippen LogP contribution in [0.3, 0.4) is 0 Å². The summed E-state index contributed by atoms with van der Waals surface area (Å²) in [6, 6.07) is 7.80. The molecule has 4 atom stereocenters. The Morgan fingerprint density at radius 2 is 1.77 bits per heavy atom. The number of aliphatic hydroxyl groups excluding tert-OH is 1. The second-order valence-electron chi connectivity index (χ2n) is 12.2. The van der Waals surface area contributed by atoms with Gasteiger partial charge >= 0.3 is 5.97 Å². The SMILES string of the molecule is Cc1cc(OC(CC(C)C)c2ccc(C(=O)NC[C@H](O)C(=O)O)s2)cc(C)c1C1=CC(C)C(C(C)(C)C)C=C1. The number of benzene rings is 1. The molecule has 0 fully saturated rings. The highest BCUT2D eigenvalue weighted by Gasteiger charge is 2.29. The number of carboxylic acid groups (broad SMARTS) is 1. The van der Waals surface area contributed by atoms with Crippen molar-refractivity contribution in [2.24, 2.45) is 23.2 Å². The van der Waals surface area contributed by atoms with Crippen LogP contribution in [-0.2, 0) is 4.79 Å². The molecule has 3 rings (SSSR count). The summed E-state index contributed by atoms with van der Waals surface area (Å²) in [6.07, 6.45) is 5.92. The van der Waals surface area contributed by atoms with E-state index in [9.17, 15) is 14.7 Å². The van der Waals surface area contributed by atoms with E-state index in [1.165, 1.54) is 22.5 Å². The largest absolute Gasteiger partial charge is 0.485 e. The average Bonchev–Trinajstić information content (AvgIpc) is 3.31. The molecule has 1 aromatic carbocycles. The molecule has 3 N–H and O–H groups in total. The lowest BCUT2D eigenvalue weighted by Gasteiger charge is -2.34. The lowest BCUT2D eigenvalue weighted by molar-refractivity contribution is -0.146. The fraction of sp³-hybridized carbons (Fsp3) is 0.500. The first-order chi connectivity index (χ1) is 18.2. The second kappa shape index (κ2) is 12.5. The molecule has 1 heterocycles. The molecule has 7 heteroatoms. The molecule has 0 aliphatic heterocycles. The Hall–Kier alpha value is -2.90. The molecule has 0 saturated carbocycles. The number of carboxylic acids is 1. The van der Waals surface area contributed by atoms with Gasteiger partial charge in [0, 0.05) is 4.88 Å². The molecule has 1 aliphatic rings. The van der Waals surface area contributed by atoms with Gasteiger partial charge in [0.05, 0.1) is 11.4 Å². The van der Waals surface area contributed by atoms with Crippen LogP contribution in [0, 0.1) is 37.0 Å². The number of aliphatic hydroxyl groups is 1. The molecule has 1 aliphatic carbocycles. The highest BCUT2D eigenvalue weighted by molar-refractivity contribution is 7.14. The Labute approximate surface area is 236 Å². The highest BCUT2D eigenvalue weighted by Crippen LogP contribution is 2.41. The smallest absolute Gasteiger partial charge is 0.334 e. The van der Waals surface area contributed by atoms with E-state index >= 15 is 0 Å². The molecule has 1 aromatic heterocycles. The van der Waals surface area contributed by atoms with Crippen LogP contribution in [0.15, 0.2) is 42.5 Å². The summed E-state index contributed by atoms with van der Waals surface area (Å²) in [5.41, 5.74) is 5.04. The van der Waals surface area contributed by atoms with Gasteiger partial charge in [-0.05, 0) is 90.0 Å². The minimum atomic E-state index is -1.64. The predicted molar refractivity (Wildman–Crippen MR) is 158 cm³/mol. The number of thiophene rings is 1. The fourth-order valence-corrected chi connectivity index (χ4v) is 6.31. The van der Waals surface area contributed by atoms with E-state index in [-0.39, 0.29) is 18.1 Å². The number of aliphatic carboxylic acids is 1. The Kier molecular flexibility index (Phi) is 9.83. The standard InChI is InChI=1S/C32H43NO5S/c1-18(2)13-26(27-11-12-28(39-27)30(35)33-17-25(34)31(36)37)38-23-15-20(4)29(21(5)16-23)22-9-10-24(19(3)14-22)32(6,7)8/h9-12,14-16,18-19,24-26,34H,13,17H2,1-8H3,(H,33,35)(H,36,37)/t19?,24?,25-,26?/m0/s1. The summed E-state index contributed by atoms with van der Waals surface area (Å²) in [5.74, 6) is 0.334. The van der Waals surface area contributed by atoms with Gasteiger partial charge in [0.1, 0.15) is 11.9 Å². The lowest BCUT2D eigenvalue weighted by Crippen LogP contribution is -2.36. The van der Waals surface area contributed by atoms with E-state index in [2.05, 4.69) is 91.1 Å². The van der Waals surface area contributed by atoms with Crippen molar-refractivity contribution < 1.29 is 24.5 Å². The zero-order chi connectivity index (χ0) is 29.1. The molecule has 39 heavy (non-hydrogen) atoms. The van der Waals surface area contributed by atoms with Crippen molar-refractivity contribution in [2.75, 3.05) is 6.54 Å². The van der Waals surface area contributed by atoms with Crippen molar-refractivity contribution >= 4 is 28.8 Å². The zero-order valence-electron chi connectivity index (χ0n) is 24.4. The van der Waals surface area contributed by atoms with Crippen molar-refractivity contribution in [1.82, 2.24) is 5.32 Å². The number of amides is 1. The Morgan fingerprint density at radius 3 is 2.31 bits per heavy atom. The summed E-state index contributed by atoms with van der Waals surface area (Å²) in [6.45, 7) is 17.3. The molecular formula is C32H43NO5S. The Bertz CT molecular complexity index is 1230.